The van der Waals surface area contributed by atoms with E-state index in [0.29, 0.717) is 30.9 Å². The van der Waals surface area contributed by atoms with Crippen LogP contribution in [0.25, 0.3) is 10.9 Å². The maximum atomic E-state index is 12.4. The third-order valence-corrected chi connectivity index (χ3v) is 4.25. The van der Waals surface area contributed by atoms with Gasteiger partial charge in [0.1, 0.15) is 0 Å². The van der Waals surface area contributed by atoms with Crippen molar-refractivity contribution in [2.75, 3.05) is 27.2 Å². The van der Waals surface area contributed by atoms with E-state index in [4.69, 9.17) is 0 Å². The van der Waals surface area contributed by atoms with Crippen LogP contribution in [0.2, 0.25) is 0 Å². The zero-order valence-corrected chi connectivity index (χ0v) is 15.2. The third-order valence-electron chi connectivity index (χ3n) is 3.55. The van der Waals surface area contributed by atoms with E-state index in [-0.39, 0.29) is 10.5 Å². The summed E-state index contributed by atoms with van der Waals surface area (Å²) in [4.78, 5) is 14.4. The summed E-state index contributed by atoms with van der Waals surface area (Å²) in [5.41, 5.74) is 0.913. The number of nitrogens with zero attached hydrogens (tertiary/aromatic N) is 3. The van der Waals surface area contributed by atoms with Gasteiger partial charge in [-0.2, -0.15) is 5.10 Å². The highest BCUT2D eigenvalue weighted by molar-refractivity contribution is 7.79. The summed E-state index contributed by atoms with van der Waals surface area (Å²) in [7, 11) is 3.81. The summed E-state index contributed by atoms with van der Waals surface area (Å²) in [6.45, 7) is 5.97. The number of amides is 1. The molecule has 0 aliphatic rings. The molecule has 0 spiro atoms. The lowest BCUT2D eigenvalue weighted by molar-refractivity contribution is 0.0948. The highest BCUT2D eigenvalue weighted by Crippen LogP contribution is 2.23. The second kappa shape index (κ2) is 7.87. The average molecular weight is 351 g/mol. The fourth-order valence-corrected chi connectivity index (χ4v) is 2.95. The molecule has 1 aromatic carbocycles. The Bertz CT molecular complexity index is 755. The Morgan fingerprint density at radius 3 is 2.71 bits per heavy atom. The molecule has 1 atom stereocenters. The Kier molecular flexibility index (Phi) is 6.09. The molecule has 7 nitrogen and oxygen atoms in total. The van der Waals surface area contributed by atoms with Crippen molar-refractivity contribution >= 4 is 27.9 Å². The average Bonchev–Trinajstić information content (AvgIpc) is 2.87. The number of aromatic nitrogens is 2. The first-order chi connectivity index (χ1) is 11.3. The van der Waals surface area contributed by atoms with Crippen LogP contribution < -0.4 is 5.32 Å². The van der Waals surface area contributed by atoms with E-state index < -0.39 is 17.0 Å². The minimum Gasteiger partial charge on any atom is -0.768 e. The predicted molar refractivity (Wildman–Crippen MR) is 92.6 cm³/mol. The number of rotatable bonds is 7. The van der Waals surface area contributed by atoms with Crippen LogP contribution in [0.15, 0.2) is 23.2 Å². The lowest BCUT2D eigenvalue weighted by atomic mass is 10.1. The number of nitrogens with one attached hydrogen (secondary N) is 1. The second-order valence-electron chi connectivity index (χ2n) is 6.42. The predicted octanol–water partition coefficient (Wildman–Crippen LogP) is 1.22. The topological polar surface area (TPSA) is 90.3 Å². The molecule has 0 fully saturated rings. The molecule has 0 saturated carbocycles. The molecule has 1 amide bonds. The minimum absolute atomic E-state index is 0.00560. The molecule has 1 aromatic heterocycles. The number of fused-ring (bicyclic) bond motifs is 1. The number of carbonyl (C=O) groups excluding carboxylic acids is 1. The number of carbonyl (C=O) groups is 1. The van der Waals surface area contributed by atoms with Crippen molar-refractivity contribution in [2.24, 2.45) is 5.92 Å². The quantitative estimate of drug-likeness (QED) is 0.758. The van der Waals surface area contributed by atoms with Crippen molar-refractivity contribution in [1.82, 2.24) is 20.0 Å². The lowest BCUT2D eigenvalue weighted by Crippen LogP contribution is -2.32. The van der Waals surface area contributed by atoms with E-state index >= 15 is 0 Å². The Labute approximate surface area is 144 Å². The molecule has 8 heteroatoms. The molecule has 0 aliphatic carbocycles. The van der Waals surface area contributed by atoms with Gasteiger partial charge >= 0.3 is 0 Å². The normalized spacial score (nSPS) is 13.0. The molecular formula is C16H23N4O3S-. The van der Waals surface area contributed by atoms with Crippen molar-refractivity contribution in [1.29, 1.82) is 0 Å². The van der Waals surface area contributed by atoms with Gasteiger partial charge in [0.25, 0.3) is 5.91 Å². The molecule has 132 valence electrons. The number of hydrogen-bond donors (Lipinski definition) is 1. The molecule has 2 aromatic rings. The molecule has 24 heavy (non-hydrogen) atoms. The first-order valence-electron chi connectivity index (χ1n) is 7.81. The van der Waals surface area contributed by atoms with E-state index in [1.165, 1.54) is 6.07 Å². The SMILES string of the molecule is CC(C)Cn1ncc2cc(S(=O)[O-])c(C(=O)NCCN(C)C)cc21. The van der Waals surface area contributed by atoms with Crippen LogP contribution >= 0.6 is 0 Å². The van der Waals surface area contributed by atoms with Crippen LogP contribution in [0.1, 0.15) is 24.2 Å². The van der Waals surface area contributed by atoms with E-state index in [9.17, 15) is 13.6 Å². The largest absolute Gasteiger partial charge is 0.768 e. The Hall–Kier alpha value is -1.77. The van der Waals surface area contributed by atoms with Gasteiger partial charge in [-0.3, -0.25) is 13.7 Å². The fraction of sp³-hybridized carbons (Fsp3) is 0.500. The second-order valence-corrected chi connectivity index (χ2v) is 7.33. The molecule has 0 bridgehead atoms. The summed E-state index contributed by atoms with van der Waals surface area (Å²) in [6.07, 6.45) is 1.63. The summed E-state index contributed by atoms with van der Waals surface area (Å²) in [6, 6.07) is 3.12. The van der Waals surface area contributed by atoms with Crippen molar-refractivity contribution in [3.8, 4) is 0 Å². The maximum Gasteiger partial charge on any atom is 0.252 e. The van der Waals surface area contributed by atoms with E-state index in [1.807, 2.05) is 19.0 Å². The molecule has 1 unspecified atom stereocenters. The standard InChI is InChI=1S/C16H24N4O3S/c1-11(2)10-20-14-8-13(16(21)17-5-6-19(3)4)15(24(22)23)7-12(14)9-18-20/h7-9,11H,5-6,10H2,1-4H3,(H,17,21)(H,22,23)/p-1. The third kappa shape index (κ3) is 4.40. The summed E-state index contributed by atoms with van der Waals surface area (Å²) >= 11 is -2.49. The van der Waals surface area contributed by atoms with Gasteiger partial charge in [0, 0.05) is 29.9 Å². The number of benzene rings is 1. The zero-order chi connectivity index (χ0) is 17.9. The fourth-order valence-electron chi connectivity index (χ4n) is 2.40. The number of likely N-dealkylation sites (N-methyl/N-ethyl adjacent to an activating group) is 1. The van der Waals surface area contributed by atoms with E-state index in [0.717, 1.165) is 5.52 Å². The van der Waals surface area contributed by atoms with Crippen molar-refractivity contribution in [2.45, 2.75) is 25.3 Å². The number of hydrogen-bond acceptors (Lipinski definition) is 5. The molecule has 2 rings (SSSR count). The van der Waals surface area contributed by atoms with Gasteiger partial charge in [0.05, 0.1) is 17.3 Å². The molecule has 0 saturated heterocycles. The molecular weight excluding hydrogens is 328 g/mol. The monoisotopic (exact) mass is 351 g/mol. The smallest absolute Gasteiger partial charge is 0.252 e. The minimum atomic E-state index is -2.49. The lowest BCUT2D eigenvalue weighted by Gasteiger charge is -2.15. The highest BCUT2D eigenvalue weighted by Gasteiger charge is 2.16. The summed E-state index contributed by atoms with van der Waals surface area (Å²) in [5.74, 6) is -0.00553. The van der Waals surface area contributed by atoms with Crippen LogP contribution in [0.5, 0.6) is 0 Å². The van der Waals surface area contributed by atoms with Crippen molar-refractivity contribution in [3.63, 3.8) is 0 Å². The zero-order valence-electron chi connectivity index (χ0n) is 14.4. The molecule has 1 heterocycles. The van der Waals surface area contributed by atoms with Gasteiger partial charge < -0.3 is 14.8 Å². The molecule has 1 N–H and O–H groups in total. The van der Waals surface area contributed by atoms with Gasteiger partial charge in [-0.25, -0.2) is 0 Å². The van der Waals surface area contributed by atoms with Crippen molar-refractivity contribution < 1.29 is 13.6 Å². The first-order valence-corrected chi connectivity index (χ1v) is 8.89. The van der Waals surface area contributed by atoms with Crippen LogP contribution in [0.4, 0.5) is 0 Å². The Morgan fingerprint density at radius 2 is 2.12 bits per heavy atom. The Morgan fingerprint density at radius 1 is 1.42 bits per heavy atom. The highest BCUT2D eigenvalue weighted by atomic mass is 32.2. The van der Waals surface area contributed by atoms with Crippen molar-refractivity contribution in [3.05, 3.63) is 23.9 Å². The Balaban J connectivity index is 2.39. The van der Waals surface area contributed by atoms with Crippen LogP contribution in [0.3, 0.4) is 0 Å². The van der Waals surface area contributed by atoms with Gasteiger partial charge in [0.15, 0.2) is 0 Å². The van der Waals surface area contributed by atoms with Gasteiger partial charge in [0.2, 0.25) is 0 Å². The van der Waals surface area contributed by atoms with Crippen LogP contribution in [-0.4, -0.2) is 56.5 Å². The van der Waals surface area contributed by atoms with Gasteiger partial charge in [-0.1, -0.05) is 13.8 Å². The van der Waals surface area contributed by atoms with E-state index in [2.05, 4.69) is 24.3 Å². The van der Waals surface area contributed by atoms with Crippen LogP contribution in [-0.2, 0) is 17.6 Å². The maximum absolute atomic E-state index is 12.4. The molecule has 0 radical (unpaired) electrons. The van der Waals surface area contributed by atoms with E-state index in [1.54, 1.807) is 16.9 Å². The first kappa shape index (κ1) is 18.6. The summed E-state index contributed by atoms with van der Waals surface area (Å²) in [5, 5.41) is 7.77. The van der Waals surface area contributed by atoms with Gasteiger partial charge in [-0.05, 0) is 43.2 Å². The van der Waals surface area contributed by atoms with Gasteiger partial charge in [-0.15, -0.1) is 0 Å². The summed E-state index contributed by atoms with van der Waals surface area (Å²) < 4.78 is 24.8. The van der Waals surface area contributed by atoms with Crippen LogP contribution in [0, 0.1) is 5.92 Å². The molecule has 0 aliphatic heterocycles.